The summed E-state index contributed by atoms with van der Waals surface area (Å²) in [6.07, 6.45) is 5.41. The van der Waals surface area contributed by atoms with Crippen LogP contribution in [0.5, 0.6) is 0 Å². The Bertz CT molecular complexity index is 961. The van der Waals surface area contributed by atoms with Gasteiger partial charge in [0.25, 0.3) is 0 Å². The number of rotatable bonds is 3. The second-order valence-corrected chi connectivity index (χ2v) is 7.78. The van der Waals surface area contributed by atoms with Gasteiger partial charge in [-0.05, 0) is 37.6 Å². The molecule has 1 N–H and O–H groups in total. The number of hydrogen-bond acceptors (Lipinski definition) is 4. The highest BCUT2D eigenvalue weighted by Gasteiger charge is 2.37. The van der Waals surface area contributed by atoms with E-state index < -0.39 is 5.41 Å². The molecule has 0 unspecified atom stereocenters. The van der Waals surface area contributed by atoms with Gasteiger partial charge in [0, 0.05) is 60.7 Å². The highest BCUT2D eigenvalue weighted by molar-refractivity contribution is 6.31. The Kier molecular flexibility index (Phi) is 4.52. The van der Waals surface area contributed by atoms with E-state index in [1.165, 1.54) is 0 Å². The standard InChI is InChI=1S/C20H22ClN5O/c1-20(2,16-13-24-17-12-14(21)4-5-15(16)17)18(27)25-8-10-26(11-9-25)19-22-6-3-7-23-19/h3-7,12-13,24H,8-11H2,1-2H3. The van der Waals surface area contributed by atoms with Crippen molar-refractivity contribution in [3.05, 3.63) is 53.4 Å². The molecule has 1 amide bonds. The molecule has 1 aliphatic heterocycles. The molecule has 0 aliphatic carbocycles. The van der Waals surface area contributed by atoms with Gasteiger partial charge in [0.15, 0.2) is 0 Å². The third kappa shape index (κ3) is 3.25. The first kappa shape index (κ1) is 17.8. The predicted octanol–water partition coefficient (Wildman–Crippen LogP) is 3.24. The minimum atomic E-state index is -0.627. The lowest BCUT2D eigenvalue weighted by molar-refractivity contribution is -0.136. The molecule has 3 heterocycles. The fraction of sp³-hybridized carbons (Fsp3) is 0.350. The van der Waals surface area contributed by atoms with E-state index in [2.05, 4.69) is 19.9 Å². The van der Waals surface area contributed by atoms with E-state index in [0.717, 1.165) is 35.5 Å². The number of piperazine rings is 1. The molecule has 7 heteroatoms. The average Bonchev–Trinajstić information content (AvgIpc) is 3.12. The lowest BCUT2D eigenvalue weighted by Crippen LogP contribution is -2.53. The summed E-state index contributed by atoms with van der Waals surface area (Å²) in [5, 5.41) is 1.72. The Morgan fingerprint density at radius 2 is 1.85 bits per heavy atom. The lowest BCUT2D eigenvalue weighted by Gasteiger charge is -2.38. The van der Waals surface area contributed by atoms with E-state index in [0.29, 0.717) is 18.1 Å². The van der Waals surface area contributed by atoms with Crippen LogP contribution in [0.1, 0.15) is 19.4 Å². The number of carbonyl (C=O) groups excluding carboxylic acids is 1. The molecule has 0 bridgehead atoms. The number of halogens is 1. The summed E-state index contributed by atoms with van der Waals surface area (Å²) in [4.78, 5) is 29.2. The van der Waals surface area contributed by atoms with Gasteiger partial charge in [-0.1, -0.05) is 17.7 Å². The second-order valence-electron chi connectivity index (χ2n) is 7.35. The van der Waals surface area contributed by atoms with E-state index in [4.69, 9.17) is 11.6 Å². The topological polar surface area (TPSA) is 65.1 Å². The van der Waals surface area contributed by atoms with Crippen LogP contribution < -0.4 is 4.90 Å². The zero-order valence-electron chi connectivity index (χ0n) is 15.4. The Hall–Kier alpha value is -2.60. The molecule has 1 aromatic carbocycles. The summed E-state index contributed by atoms with van der Waals surface area (Å²) in [6, 6.07) is 7.53. The summed E-state index contributed by atoms with van der Waals surface area (Å²) in [5.74, 6) is 0.851. The molecule has 1 fully saturated rings. The monoisotopic (exact) mass is 383 g/mol. The predicted molar refractivity (Wildman–Crippen MR) is 107 cm³/mol. The Morgan fingerprint density at radius 1 is 1.15 bits per heavy atom. The largest absolute Gasteiger partial charge is 0.361 e. The van der Waals surface area contributed by atoms with Crippen LogP contribution in [0.25, 0.3) is 10.9 Å². The number of aromatic amines is 1. The van der Waals surface area contributed by atoms with Crippen molar-refractivity contribution in [1.82, 2.24) is 19.9 Å². The van der Waals surface area contributed by atoms with Crippen LogP contribution in [-0.4, -0.2) is 51.9 Å². The van der Waals surface area contributed by atoms with Gasteiger partial charge in [-0.25, -0.2) is 9.97 Å². The van der Waals surface area contributed by atoms with Gasteiger partial charge in [-0.3, -0.25) is 4.79 Å². The van der Waals surface area contributed by atoms with Crippen molar-refractivity contribution in [2.45, 2.75) is 19.3 Å². The van der Waals surface area contributed by atoms with Crippen LogP contribution in [0.3, 0.4) is 0 Å². The first-order valence-electron chi connectivity index (χ1n) is 9.05. The molecule has 1 saturated heterocycles. The molecule has 0 saturated carbocycles. The van der Waals surface area contributed by atoms with Gasteiger partial charge in [0.1, 0.15) is 0 Å². The van der Waals surface area contributed by atoms with Crippen molar-refractivity contribution in [3.63, 3.8) is 0 Å². The Balaban J connectivity index is 1.52. The Labute approximate surface area is 163 Å². The van der Waals surface area contributed by atoms with Crippen LogP contribution in [0.2, 0.25) is 5.02 Å². The number of benzene rings is 1. The third-order valence-electron chi connectivity index (χ3n) is 5.25. The summed E-state index contributed by atoms with van der Waals surface area (Å²) in [7, 11) is 0. The molecule has 4 rings (SSSR count). The average molecular weight is 384 g/mol. The van der Waals surface area contributed by atoms with E-state index in [1.54, 1.807) is 18.5 Å². The van der Waals surface area contributed by atoms with Gasteiger partial charge in [0.2, 0.25) is 11.9 Å². The van der Waals surface area contributed by atoms with E-state index in [-0.39, 0.29) is 5.91 Å². The molecular formula is C20H22ClN5O. The van der Waals surface area contributed by atoms with Crippen LogP contribution in [0.4, 0.5) is 5.95 Å². The van der Waals surface area contributed by atoms with Gasteiger partial charge < -0.3 is 14.8 Å². The van der Waals surface area contributed by atoms with Crippen LogP contribution >= 0.6 is 11.6 Å². The zero-order valence-corrected chi connectivity index (χ0v) is 16.2. The molecule has 0 radical (unpaired) electrons. The summed E-state index contributed by atoms with van der Waals surface area (Å²) in [5.41, 5.74) is 1.31. The number of amides is 1. The van der Waals surface area contributed by atoms with E-state index >= 15 is 0 Å². The van der Waals surface area contributed by atoms with Crippen LogP contribution in [0, 0.1) is 0 Å². The van der Waals surface area contributed by atoms with Crippen molar-refractivity contribution in [3.8, 4) is 0 Å². The summed E-state index contributed by atoms with van der Waals surface area (Å²) < 4.78 is 0. The van der Waals surface area contributed by atoms with Crippen molar-refractivity contribution < 1.29 is 4.79 Å². The van der Waals surface area contributed by atoms with E-state index in [1.807, 2.05) is 43.1 Å². The second kappa shape index (κ2) is 6.85. The maximum atomic E-state index is 13.3. The highest BCUT2D eigenvalue weighted by atomic mass is 35.5. The maximum Gasteiger partial charge on any atom is 0.232 e. The minimum absolute atomic E-state index is 0.131. The van der Waals surface area contributed by atoms with Crippen molar-refractivity contribution in [2.75, 3.05) is 31.1 Å². The fourth-order valence-electron chi connectivity index (χ4n) is 3.69. The van der Waals surface area contributed by atoms with Crippen LogP contribution in [0.15, 0.2) is 42.9 Å². The van der Waals surface area contributed by atoms with Gasteiger partial charge in [0.05, 0.1) is 5.41 Å². The molecule has 1 aliphatic rings. The first-order chi connectivity index (χ1) is 13.0. The SMILES string of the molecule is CC(C)(C(=O)N1CCN(c2ncccn2)CC1)c1c[nH]c2cc(Cl)ccc12. The number of aromatic nitrogens is 3. The molecule has 2 aromatic heterocycles. The number of nitrogens with zero attached hydrogens (tertiary/aromatic N) is 4. The molecular weight excluding hydrogens is 362 g/mol. The number of nitrogens with one attached hydrogen (secondary N) is 1. The number of carbonyl (C=O) groups is 1. The first-order valence-corrected chi connectivity index (χ1v) is 9.43. The molecule has 6 nitrogen and oxygen atoms in total. The Morgan fingerprint density at radius 3 is 2.56 bits per heavy atom. The van der Waals surface area contributed by atoms with E-state index in [9.17, 15) is 4.79 Å². The zero-order chi connectivity index (χ0) is 19.0. The van der Waals surface area contributed by atoms with Crippen molar-refractivity contribution in [2.24, 2.45) is 0 Å². The van der Waals surface area contributed by atoms with Gasteiger partial charge in [-0.15, -0.1) is 0 Å². The highest BCUT2D eigenvalue weighted by Crippen LogP contribution is 2.33. The molecule has 0 atom stereocenters. The normalized spacial score (nSPS) is 15.4. The number of anilines is 1. The molecule has 140 valence electrons. The molecule has 3 aromatic rings. The summed E-state index contributed by atoms with van der Waals surface area (Å²) >= 11 is 6.08. The fourth-order valence-corrected chi connectivity index (χ4v) is 3.86. The van der Waals surface area contributed by atoms with Gasteiger partial charge >= 0.3 is 0 Å². The third-order valence-corrected chi connectivity index (χ3v) is 5.49. The minimum Gasteiger partial charge on any atom is -0.361 e. The summed E-state index contributed by atoms with van der Waals surface area (Å²) in [6.45, 7) is 6.76. The van der Waals surface area contributed by atoms with Crippen LogP contribution in [-0.2, 0) is 10.2 Å². The van der Waals surface area contributed by atoms with Crippen molar-refractivity contribution >= 4 is 34.4 Å². The number of hydrogen-bond donors (Lipinski definition) is 1. The quantitative estimate of drug-likeness (QED) is 0.754. The van der Waals surface area contributed by atoms with Crippen molar-refractivity contribution in [1.29, 1.82) is 0 Å². The maximum absolute atomic E-state index is 13.3. The number of H-pyrrole nitrogens is 1. The molecule has 0 spiro atoms. The lowest BCUT2D eigenvalue weighted by atomic mass is 9.82. The number of fused-ring (bicyclic) bond motifs is 1. The molecule has 27 heavy (non-hydrogen) atoms. The smallest absolute Gasteiger partial charge is 0.232 e. The van der Waals surface area contributed by atoms with Gasteiger partial charge in [-0.2, -0.15) is 0 Å².